The number of methoxy groups -OCH3 is 1. The van der Waals surface area contributed by atoms with Crippen LogP contribution in [0.2, 0.25) is 0 Å². The third-order valence-corrected chi connectivity index (χ3v) is 5.53. The molecule has 0 saturated heterocycles. The van der Waals surface area contributed by atoms with Gasteiger partial charge in [0.15, 0.2) is 0 Å². The van der Waals surface area contributed by atoms with Crippen molar-refractivity contribution in [1.29, 1.82) is 0 Å². The van der Waals surface area contributed by atoms with E-state index in [1.54, 1.807) is 18.3 Å². The minimum absolute atomic E-state index is 0.0734. The van der Waals surface area contributed by atoms with Crippen molar-refractivity contribution in [2.75, 3.05) is 7.11 Å². The van der Waals surface area contributed by atoms with Gasteiger partial charge in [0, 0.05) is 0 Å². The first-order valence-electron chi connectivity index (χ1n) is 7.54. The van der Waals surface area contributed by atoms with Crippen LogP contribution in [0.3, 0.4) is 0 Å². The van der Waals surface area contributed by atoms with Crippen LogP contribution in [0.5, 0.6) is 0 Å². The predicted octanol–water partition coefficient (Wildman–Crippen LogP) is 4.00. The topological polar surface area (TPSA) is 26.3 Å². The van der Waals surface area contributed by atoms with Gasteiger partial charge in [0.2, 0.25) is 0 Å². The number of carbonyl (C=O) groups is 1. The normalized spacial score (nSPS) is 35.7. The molecule has 0 radical (unpaired) electrons. The Morgan fingerprint density at radius 3 is 2.72 bits per heavy atom. The van der Waals surface area contributed by atoms with Gasteiger partial charge in [-0.3, -0.25) is 4.79 Å². The third-order valence-electron chi connectivity index (χ3n) is 5.53. The Morgan fingerprint density at radius 1 is 1.17 bits per heavy atom. The van der Waals surface area contributed by atoms with Crippen molar-refractivity contribution >= 4 is 5.97 Å². The molecule has 0 heterocycles. The average molecular weight is 248 g/mol. The number of hydrogen-bond donors (Lipinski definition) is 0. The van der Waals surface area contributed by atoms with Gasteiger partial charge >= 0.3 is 5.97 Å². The molecule has 0 aromatic rings. The maximum atomic E-state index is 12.4. The molecule has 18 heavy (non-hydrogen) atoms. The molecule has 3 rings (SSSR count). The van der Waals surface area contributed by atoms with Crippen LogP contribution < -0.4 is 0 Å². The van der Waals surface area contributed by atoms with Crippen molar-refractivity contribution in [3.05, 3.63) is 11.1 Å². The van der Waals surface area contributed by atoms with Gasteiger partial charge in [-0.05, 0) is 57.3 Å². The van der Waals surface area contributed by atoms with E-state index in [1.165, 1.54) is 51.4 Å². The first-order valence-corrected chi connectivity index (χ1v) is 7.54. The highest BCUT2D eigenvalue weighted by molar-refractivity contribution is 5.78. The fourth-order valence-electron chi connectivity index (χ4n) is 4.55. The summed E-state index contributed by atoms with van der Waals surface area (Å²) in [6.45, 7) is 0. The highest BCUT2D eigenvalue weighted by atomic mass is 16.5. The summed E-state index contributed by atoms with van der Waals surface area (Å²) in [5, 5.41) is 0. The average Bonchev–Trinajstić information content (AvgIpc) is 2.43. The van der Waals surface area contributed by atoms with E-state index < -0.39 is 0 Å². The molecule has 0 N–H and O–H groups in total. The van der Waals surface area contributed by atoms with Crippen LogP contribution in [0.1, 0.15) is 64.2 Å². The third kappa shape index (κ3) is 1.81. The summed E-state index contributed by atoms with van der Waals surface area (Å²) < 4.78 is 5.17. The summed E-state index contributed by atoms with van der Waals surface area (Å²) in [5.41, 5.74) is 3.17. The van der Waals surface area contributed by atoms with E-state index >= 15 is 0 Å². The zero-order chi connectivity index (χ0) is 12.6. The molecule has 0 unspecified atom stereocenters. The van der Waals surface area contributed by atoms with Gasteiger partial charge < -0.3 is 4.74 Å². The van der Waals surface area contributed by atoms with E-state index in [-0.39, 0.29) is 11.4 Å². The Hall–Kier alpha value is -0.790. The monoisotopic (exact) mass is 248 g/mol. The van der Waals surface area contributed by atoms with Gasteiger partial charge in [-0.2, -0.15) is 0 Å². The largest absolute Gasteiger partial charge is 0.469 e. The minimum atomic E-state index is -0.150. The maximum Gasteiger partial charge on any atom is 0.312 e. The number of hydrogen-bond acceptors (Lipinski definition) is 2. The molecule has 100 valence electrons. The zero-order valence-corrected chi connectivity index (χ0v) is 11.5. The molecule has 2 atom stereocenters. The van der Waals surface area contributed by atoms with Crippen molar-refractivity contribution in [1.82, 2.24) is 0 Å². The van der Waals surface area contributed by atoms with E-state index in [1.807, 2.05) is 0 Å². The molecule has 3 aliphatic rings. The van der Waals surface area contributed by atoms with Gasteiger partial charge in [0.05, 0.1) is 12.5 Å². The lowest BCUT2D eigenvalue weighted by atomic mass is 9.57. The summed E-state index contributed by atoms with van der Waals surface area (Å²) >= 11 is 0. The fourth-order valence-corrected chi connectivity index (χ4v) is 4.55. The molecule has 0 aliphatic heterocycles. The lowest BCUT2D eigenvalue weighted by Crippen LogP contribution is -2.45. The second-order valence-corrected chi connectivity index (χ2v) is 6.39. The van der Waals surface area contributed by atoms with Gasteiger partial charge in [-0.15, -0.1) is 0 Å². The maximum absolute atomic E-state index is 12.4. The lowest BCUT2D eigenvalue weighted by molar-refractivity contribution is -0.159. The highest BCUT2D eigenvalue weighted by Crippen LogP contribution is 2.55. The molecular weight excluding hydrogens is 224 g/mol. The quantitative estimate of drug-likeness (QED) is 0.518. The number of rotatable bonds is 1. The SMILES string of the molecule is COC(=O)[C@]12CCCC[C@H]1CC1=C(CCCC1)C2. The molecule has 3 aliphatic carbocycles. The summed E-state index contributed by atoms with van der Waals surface area (Å²) in [7, 11) is 1.56. The summed E-state index contributed by atoms with van der Waals surface area (Å²) in [4.78, 5) is 12.4. The zero-order valence-electron chi connectivity index (χ0n) is 11.5. The molecule has 2 nitrogen and oxygen atoms in total. The minimum Gasteiger partial charge on any atom is -0.469 e. The van der Waals surface area contributed by atoms with Crippen molar-refractivity contribution < 1.29 is 9.53 Å². The molecule has 0 bridgehead atoms. The van der Waals surface area contributed by atoms with Crippen LogP contribution in [0.25, 0.3) is 0 Å². The van der Waals surface area contributed by atoms with Gasteiger partial charge in [-0.1, -0.05) is 24.0 Å². The van der Waals surface area contributed by atoms with Crippen molar-refractivity contribution in [3.63, 3.8) is 0 Å². The van der Waals surface area contributed by atoms with Crippen LogP contribution >= 0.6 is 0 Å². The number of allylic oxidation sites excluding steroid dienone is 2. The van der Waals surface area contributed by atoms with Crippen molar-refractivity contribution in [3.8, 4) is 0 Å². The van der Waals surface area contributed by atoms with Gasteiger partial charge in [0.25, 0.3) is 0 Å². The number of esters is 1. The van der Waals surface area contributed by atoms with E-state index in [0.717, 1.165) is 12.8 Å². The van der Waals surface area contributed by atoms with Crippen LogP contribution in [0.15, 0.2) is 11.1 Å². The summed E-state index contributed by atoms with van der Waals surface area (Å²) in [5.74, 6) is 0.639. The van der Waals surface area contributed by atoms with Crippen molar-refractivity contribution in [2.24, 2.45) is 11.3 Å². The summed E-state index contributed by atoms with van der Waals surface area (Å²) in [6.07, 6.45) is 12.2. The Balaban J connectivity index is 1.94. The Labute approximate surface area is 110 Å². The van der Waals surface area contributed by atoms with Gasteiger partial charge in [-0.25, -0.2) is 0 Å². The molecule has 1 saturated carbocycles. The molecule has 2 heteroatoms. The van der Waals surface area contributed by atoms with E-state index in [2.05, 4.69) is 0 Å². The predicted molar refractivity (Wildman–Crippen MR) is 71.1 cm³/mol. The molecule has 0 aromatic carbocycles. The highest BCUT2D eigenvalue weighted by Gasteiger charge is 2.50. The Bertz CT molecular complexity index is 383. The van der Waals surface area contributed by atoms with E-state index in [4.69, 9.17) is 4.74 Å². The van der Waals surface area contributed by atoms with Crippen LogP contribution in [0, 0.1) is 11.3 Å². The molecule has 0 amide bonds. The fraction of sp³-hybridized carbons (Fsp3) is 0.812. The van der Waals surface area contributed by atoms with E-state index in [9.17, 15) is 4.79 Å². The Morgan fingerprint density at radius 2 is 1.94 bits per heavy atom. The second-order valence-electron chi connectivity index (χ2n) is 6.39. The second kappa shape index (κ2) is 4.71. The van der Waals surface area contributed by atoms with Crippen LogP contribution in [-0.4, -0.2) is 13.1 Å². The van der Waals surface area contributed by atoms with Gasteiger partial charge in [0.1, 0.15) is 0 Å². The molecular formula is C16H24O2. The first-order chi connectivity index (χ1) is 8.76. The molecule has 0 spiro atoms. The van der Waals surface area contributed by atoms with E-state index in [0.29, 0.717) is 5.92 Å². The van der Waals surface area contributed by atoms with Crippen LogP contribution in [-0.2, 0) is 9.53 Å². The first kappa shape index (κ1) is 12.3. The number of carbonyl (C=O) groups excluding carboxylic acids is 1. The van der Waals surface area contributed by atoms with Crippen LogP contribution in [0.4, 0.5) is 0 Å². The van der Waals surface area contributed by atoms with Crippen molar-refractivity contribution in [2.45, 2.75) is 64.2 Å². The molecule has 0 aromatic heterocycles. The lowest BCUT2D eigenvalue weighted by Gasteiger charge is -2.47. The standard InChI is InChI=1S/C16H24O2/c1-18-15(17)16-9-5-4-8-14(16)10-12-6-2-3-7-13(12)11-16/h14H,2-11H2,1H3/t14-,16-/m0/s1. The number of fused-ring (bicyclic) bond motifs is 1. The summed E-state index contributed by atoms with van der Waals surface area (Å²) in [6, 6.07) is 0. The Kier molecular flexibility index (Phi) is 3.21. The molecule has 1 fully saturated rings. The smallest absolute Gasteiger partial charge is 0.312 e. The number of ether oxygens (including phenoxy) is 1.